The molecule has 0 aliphatic carbocycles. The molecule has 2 heterocycles. The molecule has 0 atom stereocenters. The molecule has 0 bridgehead atoms. The van der Waals surface area contributed by atoms with Crippen molar-refractivity contribution in [2.24, 2.45) is 7.05 Å². The molecule has 0 N–H and O–H groups in total. The van der Waals surface area contributed by atoms with Crippen molar-refractivity contribution >= 4 is 10.9 Å². The van der Waals surface area contributed by atoms with E-state index >= 15 is 0 Å². The molecule has 2 aromatic rings. The highest BCUT2D eigenvalue weighted by Gasteiger charge is 2.07. The van der Waals surface area contributed by atoms with E-state index in [1.54, 1.807) is 0 Å². The number of aromatic nitrogens is 2. The summed E-state index contributed by atoms with van der Waals surface area (Å²) in [4.78, 5) is 4.13. The van der Waals surface area contributed by atoms with Crippen LogP contribution < -0.4 is 0 Å². The van der Waals surface area contributed by atoms with Crippen LogP contribution in [0.5, 0.6) is 0 Å². The van der Waals surface area contributed by atoms with E-state index < -0.39 is 0 Å². The van der Waals surface area contributed by atoms with Crippen LogP contribution in [0.25, 0.3) is 10.9 Å². The Hall–Kier alpha value is -1.31. The van der Waals surface area contributed by atoms with E-state index in [9.17, 15) is 0 Å². The van der Waals surface area contributed by atoms with E-state index in [2.05, 4.69) is 42.6 Å². The molecule has 0 aromatic carbocycles. The fourth-order valence-corrected chi connectivity index (χ4v) is 1.75. The van der Waals surface area contributed by atoms with Gasteiger partial charge in [0.05, 0.1) is 11.7 Å². The zero-order valence-electron chi connectivity index (χ0n) is 8.28. The van der Waals surface area contributed by atoms with Gasteiger partial charge in [0, 0.05) is 24.3 Å². The number of hydrogen-bond acceptors (Lipinski definition) is 1. The van der Waals surface area contributed by atoms with Crippen molar-refractivity contribution in [2.75, 3.05) is 0 Å². The average Bonchev–Trinajstić information content (AvgIpc) is 2.45. The Morgan fingerprint density at radius 2 is 2.15 bits per heavy atom. The summed E-state index contributed by atoms with van der Waals surface area (Å²) < 4.78 is 2.22. The number of pyridine rings is 1. The molecule has 2 heteroatoms. The molecule has 0 aliphatic heterocycles. The Kier molecular flexibility index (Phi) is 1.83. The smallest absolute Gasteiger partial charge is 0.0666 e. The maximum absolute atomic E-state index is 4.13. The Morgan fingerprint density at radius 1 is 1.38 bits per heavy atom. The lowest BCUT2D eigenvalue weighted by Crippen LogP contribution is -1.97. The van der Waals surface area contributed by atoms with Crippen LogP contribution in [0.15, 0.2) is 24.5 Å². The summed E-state index contributed by atoms with van der Waals surface area (Å²) in [5, 5.41) is 1.28. The normalized spacial score (nSPS) is 11.4. The van der Waals surface area contributed by atoms with Gasteiger partial charge in [-0.3, -0.25) is 4.98 Å². The molecule has 0 spiro atoms. The third-order valence-electron chi connectivity index (χ3n) is 2.48. The topological polar surface area (TPSA) is 17.8 Å². The first-order valence-corrected chi connectivity index (χ1v) is 4.59. The summed E-state index contributed by atoms with van der Waals surface area (Å²) in [6.07, 6.45) is 3.76. The van der Waals surface area contributed by atoms with Gasteiger partial charge in [0.25, 0.3) is 0 Å². The number of hydrogen-bond donors (Lipinski definition) is 0. The van der Waals surface area contributed by atoms with E-state index in [1.165, 1.54) is 16.6 Å². The van der Waals surface area contributed by atoms with Crippen molar-refractivity contribution in [1.82, 2.24) is 9.55 Å². The Morgan fingerprint density at radius 3 is 2.77 bits per heavy atom. The summed E-state index contributed by atoms with van der Waals surface area (Å²) in [6.45, 7) is 4.42. The average molecular weight is 174 g/mol. The molecule has 0 unspecified atom stereocenters. The molecule has 2 rings (SSSR count). The molecule has 2 nitrogen and oxygen atoms in total. The van der Waals surface area contributed by atoms with Crippen LogP contribution in [0.4, 0.5) is 0 Å². The van der Waals surface area contributed by atoms with Gasteiger partial charge in [0.1, 0.15) is 0 Å². The zero-order chi connectivity index (χ0) is 9.42. The summed E-state index contributed by atoms with van der Waals surface area (Å²) >= 11 is 0. The SMILES string of the molecule is CC(C)c1cc2ccncc2n1C. The third-order valence-corrected chi connectivity index (χ3v) is 2.48. The molecule has 0 saturated carbocycles. The molecule has 0 saturated heterocycles. The molecular formula is C11H14N2. The second kappa shape index (κ2) is 2.87. The van der Waals surface area contributed by atoms with Gasteiger partial charge < -0.3 is 4.57 Å². The maximum atomic E-state index is 4.13. The number of nitrogens with zero attached hydrogens (tertiary/aromatic N) is 2. The lowest BCUT2D eigenvalue weighted by Gasteiger charge is -2.06. The highest BCUT2D eigenvalue weighted by molar-refractivity contribution is 5.80. The van der Waals surface area contributed by atoms with Crippen molar-refractivity contribution in [3.05, 3.63) is 30.2 Å². The van der Waals surface area contributed by atoms with Crippen molar-refractivity contribution in [1.29, 1.82) is 0 Å². The molecule has 0 radical (unpaired) electrons. The minimum atomic E-state index is 0.567. The molecule has 0 aliphatic rings. The second-order valence-corrected chi connectivity index (χ2v) is 3.72. The van der Waals surface area contributed by atoms with Crippen molar-refractivity contribution in [3.63, 3.8) is 0 Å². The zero-order valence-corrected chi connectivity index (χ0v) is 8.28. The van der Waals surface area contributed by atoms with Crippen LogP contribution in [0.3, 0.4) is 0 Å². The number of rotatable bonds is 1. The van der Waals surface area contributed by atoms with Crippen LogP contribution in [0.2, 0.25) is 0 Å². The number of fused-ring (bicyclic) bond motifs is 1. The van der Waals surface area contributed by atoms with Crippen LogP contribution in [-0.4, -0.2) is 9.55 Å². The molecule has 0 amide bonds. The van der Waals surface area contributed by atoms with Gasteiger partial charge in [-0.15, -0.1) is 0 Å². The highest BCUT2D eigenvalue weighted by atomic mass is 15.0. The van der Waals surface area contributed by atoms with Gasteiger partial charge in [-0.1, -0.05) is 13.8 Å². The van der Waals surface area contributed by atoms with Gasteiger partial charge in [0.2, 0.25) is 0 Å². The van der Waals surface area contributed by atoms with Crippen LogP contribution in [0.1, 0.15) is 25.5 Å². The van der Waals surface area contributed by atoms with Crippen molar-refractivity contribution in [3.8, 4) is 0 Å². The summed E-state index contributed by atoms with van der Waals surface area (Å²) in [6, 6.07) is 4.29. The van der Waals surface area contributed by atoms with Gasteiger partial charge in [0.15, 0.2) is 0 Å². The molecule has 13 heavy (non-hydrogen) atoms. The predicted octanol–water partition coefficient (Wildman–Crippen LogP) is 2.70. The molecular weight excluding hydrogens is 160 g/mol. The van der Waals surface area contributed by atoms with E-state index in [0.29, 0.717) is 5.92 Å². The lowest BCUT2D eigenvalue weighted by atomic mass is 10.1. The van der Waals surface area contributed by atoms with Gasteiger partial charge in [-0.05, 0) is 18.1 Å². The maximum Gasteiger partial charge on any atom is 0.0666 e. The van der Waals surface area contributed by atoms with Gasteiger partial charge in [-0.25, -0.2) is 0 Å². The van der Waals surface area contributed by atoms with Crippen molar-refractivity contribution < 1.29 is 0 Å². The summed E-state index contributed by atoms with van der Waals surface area (Å²) in [5.41, 5.74) is 2.58. The Bertz CT molecular complexity index is 427. The second-order valence-electron chi connectivity index (χ2n) is 3.72. The standard InChI is InChI=1S/C11H14N2/c1-8(2)10-6-9-4-5-12-7-11(9)13(10)3/h4-8H,1-3H3. The molecule has 2 aromatic heterocycles. The highest BCUT2D eigenvalue weighted by Crippen LogP contribution is 2.22. The fraction of sp³-hybridized carbons (Fsp3) is 0.364. The van der Waals surface area contributed by atoms with Crippen LogP contribution in [0, 0.1) is 0 Å². The molecule has 0 fully saturated rings. The molecule has 68 valence electrons. The largest absolute Gasteiger partial charge is 0.346 e. The van der Waals surface area contributed by atoms with E-state index in [4.69, 9.17) is 0 Å². The third kappa shape index (κ3) is 1.22. The quantitative estimate of drug-likeness (QED) is 0.650. The Labute approximate surface area is 78.2 Å². The summed E-state index contributed by atoms with van der Waals surface area (Å²) in [7, 11) is 2.10. The van der Waals surface area contributed by atoms with Crippen LogP contribution in [-0.2, 0) is 7.05 Å². The first kappa shape index (κ1) is 8.30. The van der Waals surface area contributed by atoms with Gasteiger partial charge >= 0.3 is 0 Å². The monoisotopic (exact) mass is 174 g/mol. The number of aryl methyl sites for hydroxylation is 1. The minimum Gasteiger partial charge on any atom is -0.346 e. The van der Waals surface area contributed by atoms with Gasteiger partial charge in [-0.2, -0.15) is 0 Å². The predicted molar refractivity (Wildman–Crippen MR) is 54.8 cm³/mol. The Balaban J connectivity index is 2.74. The first-order valence-electron chi connectivity index (χ1n) is 4.59. The lowest BCUT2D eigenvalue weighted by molar-refractivity contribution is 0.755. The van der Waals surface area contributed by atoms with E-state index in [0.717, 1.165) is 0 Å². The fourth-order valence-electron chi connectivity index (χ4n) is 1.75. The van der Waals surface area contributed by atoms with E-state index in [1.807, 2.05) is 12.4 Å². The van der Waals surface area contributed by atoms with E-state index in [-0.39, 0.29) is 0 Å². The minimum absolute atomic E-state index is 0.567. The van der Waals surface area contributed by atoms with Crippen LogP contribution >= 0.6 is 0 Å². The van der Waals surface area contributed by atoms with Crippen molar-refractivity contribution in [2.45, 2.75) is 19.8 Å². The summed E-state index contributed by atoms with van der Waals surface area (Å²) in [5.74, 6) is 0.567. The first-order chi connectivity index (χ1) is 6.20.